The van der Waals surface area contributed by atoms with Gasteiger partial charge >= 0.3 is 0 Å². The summed E-state index contributed by atoms with van der Waals surface area (Å²) in [5.41, 5.74) is 0.963. The van der Waals surface area contributed by atoms with E-state index in [-0.39, 0.29) is 5.11 Å². The van der Waals surface area contributed by atoms with Crippen LogP contribution >= 0.6 is 74.6 Å². The van der Waals surface area contributed by atoms with Gasteiger partial charge in [0.1, 0.15) is 6.17 Å². The number of alkyl halides is 3. The molecule has 1 atom stereocenters. The third kappa shape index (κ3) is 6.15. The van der Waals surface area contributed by atoms with Crippen LogP contribution in [0, 0.1) is 0 Å². The van der Waals surface area contributed by atoms with Crippen molar-refractivity contribution in [3.05, 3.63) is 63.6 Å². The van der Waals surface area contributed by atoms with Crippen LogP contribution in [0.5, 0.6) is 0 Å². The second-order valence-electron chi connectivity index (χ2n) is 5.01. The number of amides is 1. The molecule has 2 rings (SSSR count). The number of rotatable bonds is 4. The fourth-order valence-electron chi connectivity index (χ4n) is 1.91. The van der Waals surface area contributed by atoms with Crippen LogP contribution in [0.4, 0.5) is 5.69 Å². The number of halogens is 5. The molecule has 0 spiro atoms. The summed E-state index contributed by atoms with van der Waals surface area (Å²) in [6, 6.07) is 13.9. The number of hydrogen-bond acceptors (Lipinski definition) is 2. The van der Waals surface area contributed by atoms with E-state index in [1.165, 1.54) is 0 Å². The highest BCUT2D eigenvalue weighted by Crippen LogP contribution is 2.30. The Morgan fingerprint density at radius 2 is 1.65 bits per heavy atom. The fourth-order valence-corrected chi connectivity index (χ4v) is 3.11. The van der Waals surface area contributed by atoms with Crippen LogP contribution in [0.3, 0.4) is 0 Å². The first-order valence-corrected chi connectivity index (χ1v) is 9.84. The molecule has 138 valence electrons. The third-order valence-electron chi connectivity index (χ3n) is 3.12. The summed E-state index contributed by atoms with van der Waals surface area (Å²) in [5.74, 6) is -0.443. The summed E-state index contributed by atoms with van der Waals surface area (Å²) < 4.78 is -1.25. The molecule has 0 saturated carbocycles. The summed E-state index contributed by atoms with van der Waals surface area (Å²) in [6.45, 7) is 0. The van der Waals surface area contributed by atoms with E-state index in [2.05, 4.69) is 31.9 Å². The van der Waals surface area contributed by atoms with E-state index < -0.39 is 15.9 Å². The van der Waals surface area contributed by atoms with E-state index in [1.807, 2.05) is 0 Å². The topological polar surface area (TPSA) is 53.2 Å². The minimum Gasteiger partial charge on any atom is -0.339 e. The quantitative estimate of drug-likeness (QED) is 0.285. The Bertz CT molecular complexity index is 816. The van der Waals surface area contributed by atoms with Gasteiger partial charge in [0.25, 0.3) is 5.91 Å². The van der Waals surface area contributed by atoms with Gasteiger partial charge in [-0.05, 0) is 52.4 Å². The number of thiocarbonyl (C=S) groups is 1. The van der Waals surface area contributed by atoms with Crippen LogP contribution in [-0.4, -0.2) is 21.0 Å². The van der Waals surface area contributed by atoms with E-state index in [4.69, 9.17) is 58.6 Å². The molecule has 3 N–H and O–H groups in total. The molecule has 0 aromatic heterocycles. The number of nitrogens with one attached hydrogen (secondary N) is 3. The average Bonchev–Trinajstić information content (AvgIpc) is 2.56. The maximum absolute atomic E-state index is 12.5. The number of carbonyl (C=O) groups excluding carboxylic acids is 1. The summed E-state index contributed by atoms with van der Waals surface area (Å²) in [7, 11) is 0. The van der Waals surface area contributed by atoms with Crippen molar-refractivity contribution in [2.24, 2.45) is 0 Å². The van der Waals surface area contributed by atoms with Crippen LogP contribution in [0.2, 0.25) is 5.02 Å². The van der Waals surface area contributed by atoms with Crippen molar-refractivity contribution >= 4 is 91.3 Å². The molecule has 1 amide bonds. The lowest BCUT2D eigenvalue weighted by Crippen LogP contribution is -2.56. The molecular weight excluding hydrogens is 504 g/mol. The normalized spacial score (nSPS) is 12.2. The van der Waals surface area contributed by atoms with Crippen molar-refractivity contribution in [3.8, 4) is 0 Å². The summed E-state index contributed by atoms with van der Waals surface area (Å²) in [6.07, 6.45) is -1.09. The van der Waals surface area contributed by atoms with Crippen LogP contribution in [-0.2, 0) is 0 Å². The Labute approximate surface area is 184 Å². The molecule has 0 saturated heterocycles. The molecule has 0 bridgehead atoms. The highest BCUT2D eigenvalue weighted by atomic mass is 79.9. The van der Waals surface area contributed by atoms with E-state index in [9.17, 15) is 4.79 Å². The summed E-state index contributed by atoms with van der Waals surface area (Å²) >= 11 is 32.5. The van der Waals surface area contributed by atoms with Crippen molar-refractivity contribution in [3.63, 3.8) is 0 Å². The maximum atomic E-state index is 12.5. The number of hydrogen-bond donors (Lipinski definition) is 3. The van der Waals surface area contributed by atoms with Crippen LogP contribution < -0.4 is 16.0 Å². The van der Waals surface area contributed by atoms with Gasteiger partial charge in [0.15, 0.2) is 5.11 Å². The standard InChI is InChI=1S/C16H12BrCl4N3OS/c17-10-6-2-1-5-9(10)13(25)23-14(16(19,20)21)24-15(26)22-12-8-4-3-7-11(12)18/h1-8,14H,(H,23,25)(H2,22,24,26)/t14-/m1/s1. The second-order valence-corrected chi connectivity index (χ2v) is 9.04. The molecule has 0 aliphatic heterocycles. The Morgan fingerprint density at radius 3 is 2.27 bits per heavy atom. The van der Waals surface area contributed by atoms with Gasteiger partial charge in [0.05, 0.1) is 16.3 Å². The van der Waals surface area contributed by atoms with E-state index in [0.29, 0.717) is 20.7 Å². The van der Waals surface area contributed by atoms with Gasteiger partial charge in [0, 0.05) is 4.47 Å². The molecule has 10 heteroatoms. The Hall–Kier alpha value is -0.760. The van der Waals surface area contributed by atoms with Gasteiger partial charge in [-0.2, -0.15) is 0 Å². The van der Waals surface area contributed by atoms with Crippen molar-refractivity contribution in [2.45, 2.75) is 9.96 Å². The Morgan fingerprint density at radius 1 is 1.04 bits per heavy atom. The zero-order valence-corrected chi connectivity index (χ0v) is 18.3. The van der Waals surface area contributed by atoms with Crippen molar-refractivity contribution in [2.75, 3.05) is 5.32 Å². The fraction of sp³-hybridized carbons (Fsp3) is 0.125. The van der Waals surface area contributed by atoms with Crippen molar-refractivity contribution < 1.29 is 4.79 Å². The van der Waals surface area contributed by atoms with Crippen molar-refractivity contribution in [1.82, 2.24) is 10.6 Å². The van der Waals surface area contributed by atoms with Gasteiger partial charge in [0.2, 0.25) is 3.79 Å². The predicted octanol–water partition coefficient (Wildman–Crippen LogP) is 5.52. The first kappa shape index (κ1) is 21.5. The highest BCUT2D eigenvalue weighted by Gasteiger charge is 2.35. The molecule has 0 aliphatic rings. The first-order chi connectivity index (χ1) is 12.2. The summed E-state index contributed by atoms with van der Waals surface area (Å²) in [5, 5.41) is 8.87. The maximum Gasteiger partial charge on any atom is 0.254 e. The molecule has 2 aromatic rings. The smallest absolute Gasteiger partial charge is 0.254 e. The van der Waals surface area contributed by atoms with Gasteiger partial charge in [-0.15, -0.1) is 0 Å². The summed E-state index contributed by atoms with van der Waals surface area (Å²) in [4.78, 5) is 12.5. The van der Waals surface area contributed by atoms with Gasteiger partial charge in [-0.1, -0.05) is 70.7 Å². The lowest BCUT2D eigenvalue weighted by molar-refractivity contribution is 0.0934. The largest absolute Gasteiger partial charge is 0.339 e. The highest BCUT2D eigenvalue weighted by molar-refractivity contribution is 9.10. The lowest BCUT2D eigenvalue weighted by Gasteiger charge is -2.28. The molecule has 0 aliphatic carbocycles. The SMILES string of the molecule is O=C(N[C@H](NC(=S)Nc1ccccc1Cl)C(Cl)(Cl)Cl)c1ccccc1Br. The third-order valence-corrected chi connectivity index (χ3v) is 5.01. The number of carbonyl (C=O) groups is 1. The second kappa shape index (κ2) is 9.44. The Kier molecular flexibility index (Phi) is 7.82. The molecule has 2 aromatic carbocycles. The lowest BCUT2D eigenvalue weighted by atomic mass is 10.2. The zero-order valence-electron chi connectivity index (χ0n) is 12.9. The van der Waals surface area contributed by atoms with Crippen LogP contribution in [0.15, 0.2) is 53.0 Å². The van der Waals surface area contributed by atoms with Crippen LogP contribution in [0.25, 0.3) is 0 Å². The predicted molar refractivity (Wildman–Crippen MR) is 116 cm³/mol. The Balaban J connectivity index is 2.10. The number of para-hydroxylation sites is 1. The number of anilines is 1. The zero-order chi connectivity index (χ0) is 19.3. The molecular formula is C16H12BrCl4N3OS. The van der Waals surface area contributed by atoms with Gasteiger partial charge in [-0.3, -0.25) is 4.79 Å². The van der Waals surface area contributed by atoms with Gasteiger partial charge < -0.3 is 16.0 Å². The minimum atomic E-state index is -1.86. The van der Waals surface area contributed by atoms with E-state index in [0.717, 1.165) is 0 Å². The molecule has 4 nitrogen and oxygen atoms in total. The number of benzene rings is 2. The molecule has 0 unspecified atom stereocenters. The van der Waals surface area contributed by atoms with E-state index in [1.54, 1.807) is 48.5 Å². The van der Waals surface area contributed by atoms with Gasteiger partial charge in [-0.25, -0.2) is 0 Å². The van der Waals surface area contributed by atoms with Crippen molar-refractivity contribution in [1.29, 1.82) is 0 Å². The minimum absolute atomic E-state index is 0.127. The van der Waals surface area contributed by atoms with Crippen LogP contribution in [0.1, 0.15) is 10.4 Å². The molecule has 0 heterocycles. The molecule has 26 heavy (non-hydrogen) atoms. The first-order valence-electron chi connectivity index (χ1n) is 7.12. The average molecular weight is 516 g/mol. The molecule has 0 fully saturated rings. The molecule has 0 radical (unpaired) electrons. The monoisotopic (exact) mass is 513 g/mol. The van der Waals surface area contributed by atoms with E-state index >= 15 is 0 Å².